The van der Waals surface area contributed by atoms with Crippen LogP contribution < -0.4 is 5.32 Å². The third-order valence-corrected chi connectivity index (χ3v) is 3.85. The molecular weight excluding hydrogens is 295 g/mol. The standard InChI is InChI=1S/C15H16F3N3O/c1-9-2-3-10(11(6-9)15(16,17)18)14(22)12-7-20-13-8-19-4-5-21(12)13/h2-3,6-7,14,19,22H,4-5,8H2,1H3. The van der Waals surface area contributed by atoms with Crippen molar-refractivity contribution in [2.75, 3.05) is 6.54 Å². The van der Waals surface area contributed by atoms with Crippen molar-refractivity contribution in [1.29, 1.82) is 0 Å². The Labute approximate surface area is 125 Å². The lowest BCUT2D eigenvalue weighted by Gasteiger charge is -2.22. The number of fused-ring (bicyclic) bond motifs is 1. The van der Waals surface area contributed by atoms with Gasteiger partial charge in [-0.2, -0.15) is 13.2 Å². The largest absolute Gasteiger partial charge is 0.416 e. The molecule has 0 saturated carbocycles. The molecule has 1 aromatic heterocycles. The van der Waals surface area contributed by atoms with Gasteiger partial charge in [0.1, 0.15) is 11.9 Å². The van der Waals surface area contributed by atoms with E-state index in [1.165, 1.54) is 12.3 Å². The number of rotatable bonds is 2. The summed E-state index contributed by atoms with van der Waals surface area (Å²) >= 11 is 0. The van der Waals surface area contributed by atoms with Crippen LogP contribution >= 0.6 is 0 Å². The van der Waals surface area contributed by atoms with Gasteiger partial charge in [0, 0.05) is 13.1 Å². The Morgan fingerprint density at radius 1 is 1.36 bits per heavy atom. The molecule has 2 heterocycles. The number of nitrogens with zero attached hydrogens (tertiary/aromatic N) is 2. The number of alkyl halides is 3. The molecule has 0 saturated heterocycles. The highest BCUT2D eigenvalue weighted by Crippen LogP contribution is 2.37. The molecule has 0 aliphatic carbocycles. The smallest absolute Gasteiger partial charge is 0.382 e. The zero-order valence-corrected chi connectivity index (χ0v) is 12.0. The third kappa shape index (κ3) is 2.62. The Morgan fingerprint density at radius 3 is 2.86 bits per heavy atom. The van der Waals surface area contributed by atoms with E-state index in [-0.39, 0.29) is 5.56 Å². The van der Waals surface area contributed by atoms with E-state index in [2.05, 4.69) is 10.3 Å². The topological polar surface area (TPSA) is 50.1 Å². The van der Waals surface area contributed by atoms with E-state index in [4.69, 9.17) is 0 Å². The molecule has 0 bridgehead atoms. The lowest BCUT2D eigenvalue weighted by molar-refractivity contribution is -0.139. The monoisotopic (exact) mass is 311 g/mol. The fraction of sp³-hybridized carbons (Fsp3) is 0.400. The quantitative estimate of drug-likeness (QED) is 0.895. The van der Waals surface area contributed by atoms with Gasteiger partial charge in [0.2, 0.25) is 0 Å². The van der Waals surface area contributed by atoms with E-state index in [1.807, 2.05) is 0 Å². The molecular formula is C15H16F3N3O. The van der Waals surface area contributed by atoms with Crippen molar-refractivity contribution in [3.63, 3.8) is 0 Å². The van der Waals surface area contributed by atoms with Crippen molar-refractivity contribution in [2.45, 2.75) is 32.3 Å². The second kappa shape index (κ2) is 5.40. The Kier molecular flexibility index (Phi) is 3.70. The van der Waals surface area contributed by atoms with Crippen molar-refractivity contribution in [1.82, 2.24) is 14.9 Å². The number of aliphatic hydroxyl groups excluding tert-OH is 1. The van der Waals surface area contributed by atoms with Crippen molar-refractivity contribution >= 4 is 0 Å². The third-order valence-electron chi connectivity index (χ3n) is 3.85. The van der Waals surface area contributed by atoms with Gasteiger partial charge in [0.25, 0.3) is 0 Å². The summed E-state index contributed by atoms with van der Waals surface area (Å²) in [5.41, 5.74) is -0.0440. The fourth-order valence-electron chi connectivity index (χ4n) is 2.75. The SMILES string of the molecule is Cc1ccc(C(O)c2cnc3n2CCNC3)c(C(F)(F)F)c1. The molecule has 0 fully saturated rings. The van der Waals surface area contributed by atoms with Crippen LogP contribution in [0.3, 0.4) is 0 Å². The van der Waals surface area contributed by atoms with Crippen LogP contribution in [-0.2, 0) is 19.3 Å². The molecule has 0 amide bonds. The van der Waals surface area contributed by atoms with Gasteiger partial charge in [-0.25, -0.2) is 4.98 Å². The van der Waals surface area contributed by atoms with Gasteiger partial charge in [0.15, 0.2) is 0 Å². The lowest BCUT2D eigenvalue weighted by Crippen LogP contribution is -2.29. The molecule has 2 aromatic rings. The Hall–Kier alpha value is -1.86. The fourth-order valence-corrected chi connectivity index (χ4v) is 2.75. The van der Waals surface area contributed by atoms with Crippen molar-refractivity contribution in [3.05, 3.63) is 52.6 Å². The number of halogens is 3. The van der Waals surface area contributed by atoms with Crippen LogP contribution in [-0.4, -0.2) is 21.2 Å². The molecule has 1 atom stereocenters. The van der Waals surface area contributed by atoms with Crippen LogP contribution in [0.2, 0.25) is 0 Å². The van der Waals surface area contributed by atoms with E-state index in [0.717, 1.165) is 11.9 Å². The summed E-state index contributed by atoms with van der Waals surface area (Å²) in [5, 5.41) is 13.6. The summed E-state index contributed by atoms with van der Waals surface area (Å²) in [7, 11) is 0. The Bertz CT molecular complexity index is 694. The van der Waals surface area contributed by atoms with E-state index < -0.39 is 17.8 Å². The molecule has 22 heavy (non-hydrogen) atoms. The highest BCUT2D eigenvalue weighted by molar-refractivity contribution is 5.38. The van der Waals surface area contributed by atoms with Gasteiger partial charge >= 0.3 is 6.18 Å². The highest BCUT2D eigenvalue weighted by Gasteiger charge is 2.36. The lowest BCUT2D eigenvalue weighted by atomic mass is 9.98. The summed E-state index contributed by atoms with van der Waals surface area (Å²) in [5.74, 6) is 0.723. The molecule has 7 heteroatoms. The first-order valence-electron chi connectivity index (χ1n) is 6.99. The minimum absolute atomic E-state index is 0.140. The van der Waals surface area contributed by atoms with Gasteiger partial charge in [-0.3, -0.25) is 0 Å². The Balaban J connectivity index is 2.06. The van der Waals surface area contributed by atoms with Crippen LogP contribution in [0.1, 0.15) is 34.3 Å². The van der Waals surface area contributed by atoms with Crippen LogP contribution in [0.25, 0.3) is 0 Å². The maximum Gasteiger partial charge on any atom is 0.416 e. The predicted molar refractivity (Wildman–Crippen MR) is 74.2 cm³/mol. The van der Waals surface area contributed by atoms with Crippen molar-refractivity contribution in [3.8, 4) is 0 Å². The number of aromatic nitrogens is 2. The predicted octanol–water partition coefficient (Wildman–Crippen LogP) is 2.40. The molecule has 118 valence electrons. The molecule has 0 spiro atoms. The second-order valence-corrected chi connectivity index (χ2v) is 5.42. The molecule has 2 N–H and O–H groups in total. The molecule has 1 aliphatic heterocycles. The number of aliphatic hydroxyl groups is 1. The number of aryl methyl sites for hydroxylation is 1. The summed E-state index contributed by atoms with van der Waals surface area (Å²) in [4.78, 5) is 4.17. The number of benzene rings is 1. The van der Waals surface area contributed by atoms with E-state index in [9.17, 15) is 18.3 Å². The first-order chi connectivity index (χ1) is 10.4. The Morgan fingerprint density at radius 2 is 2.14 bits per heavy atom. The average Bonchev–Trinajstić information content (AvgIpc) is 2.89. The number of imidazole rings is 1. The molecule has 1 aromatic carbocycles. The minimum Gasteiger partial charge on any atom is -0.382 e. The second-order valence-electron chi connectivity index (χ2n) is 5.42. The number of hydrogen-bond donors (Lipinski definition) is 2. The molecule has 1 unspecified atom stereocenters. The van der Waals surface area contributed by atoms with Crippen LogP contribution in [0.4, 0.5) is 13.2 Å². The maximum atomic E-state index is 13.2. The van der Waals surface area contributed by atoms with E-state index in [1.54, 1.807) is 17.6 Å². The van der Waals surface area contributed by atoms with E-state index >= 15 is 0 Å². The number of nitrogens with one attached hydrogen (secondary N) is 1. The van der Waals surface area contributed by atoms with Crippen LogP contribution in [0, 0.1) is 6.92 Å². The zero-order chi connectivity index (χ0) is 15.9. The average molecular weight is 311 g/mol. The van der Waals surface area contributed by atoms with Gasteiger partial charge < -0.3 is 15.0 Å². The van der Waals surface area contributed by atoms with Gasteiger partial charge in [0.05, 0.1) is 24.0 Å². The molecule has 3 rings (SSSR count). The maximum absolute atomic E-state index is 13.2. The first-order valence-corrected chi connectivity index (χ1v) is 6.99. The molecule has 0 radical (unpaired) electrons. The van der Waals surface area contributed by atoms with Crippen molar-refractivity contribution in [2.24, 2.45) is 0 Å². The summed E-state index contributed by atoms with van der Waals surface area (Å²) in [6.45, 7) is 3.42. The van der Waals surface area contributed by atoms with Crippen molar-refractivity contribution < 1.29 is 18.3 Å². The molecule has 1 aliphatic rings. The summed E-state index contributed by atoms with van der Waals surface area (Å²) in [6, 6.07) is 3.97. The first kappa shape index (κ1) is 15.1. The summed E-state index contributed by atoms with van der Waals surface area (Å²) < 4.78 is 41.5. The zero-order valence-electron chi connectivity index (χ0n) is 12.0. The van der Waals surface area contributed by atoms with Crippen LogP contribution in [0.15, 0.2) is 24.4 Å². The summed E-state index contributed by atoms with van der Waals surface area (Å²) in [6.07, 6.45) is -4.40. The van der Waals surface area contributed by atoms with Gasteiger partial charge in [-0.15, -0.1) is 0 Å². The minimum atomic E-state index is -4.51. The van der Waals surface area contributed by atoms with Crippen LogP contribution in [0.5, 0.6) is 0 Å². The number of hydrogen-bond acceptors (Lipinski definition) is 3. The van der Waals surface area contributed by atoms with E-state index in [0.29, 0.717) is 30.9 Å². The highest BCUT2D eigenvalue weighted by atomic mass is 19.4. The normalized spacial score (nSPS) is 16.4. The molecule has 4 nitrogen and oxygen atoms in total. The van der Waals surface area contributed by atoms with Gasteiger partial charge in [-0.05, 0) is 18.6 Å². The van der Waals surface area contributed by atoms with Gasteiger partial charge in [-0.1, -0.05) is 17.7 Å².